The van der Waals surface area contributed by atoms with E-state index in [1.165, 1.54) is 0 Å². The van der Waals surface area contributed by atoms with E-state index in [1.807, 2.05) is 12.1 Å². The summed E-state index contributed by atoms with van der Waals surface area (Å²) in [7, 11) is 3.38. The number of benzene rings is 1. The molecule has 0 aliphatic heterocycles. The van der Waals surface area contributed by atoms with Gasteiger partial charge in [-0.1, -0.05) is 25.4 Å². The van der Waals surface area contributed by atoms with E-state index in [1.54, 1.807) is 20.3 Å². The van der Waals surface area contributed by atoms with Gasteiger partial charge in [-0.25, -0.2) is 0 Å². The maximum absolute atomic E-state index is 6.07. The fraction of sp³-hybridized carbons (Fsp3) is 0.538. The Labute approximate surface area is 103 Å². The first-order valence-electron chi connectivity index (χ1n) is 5.52. The first kappa shape index (κ1) is 13.3. The number of hydrogen-bond acceptors (Lipinski definition) is 2. The van der Waals surface area contributed by atoms with Gasteiger partial charge in [0.25, 0.3) is 0 Å². The van der Waals surface area contributed by atoms with Crippen molar-refractivity contribution in [2.45, 2.75) is 32.3 Å². The Balaban J connectivity index is 3.23. The van der Waals surface area contributed by atoms with Gasteiger partial charge in [-0.15, -0.1) is 0 Å². The van der Waals surface area contributed by atoms with Crippen molar-refractivity contribution < 1.29 is 9.47 Å². The Kier molecular flexibility index (Phi) is 4.63. The van der Waals surface area contributed by atoms with Crippen LogP contribution in [0.1, 0.15) is 32.3 Å². The van der Waals surface area contributed by atoms with E-state index in [9.17, 15) is 0 Å². The molecule has 0 atom stereocenters. The van der Waals surface area contributed by atoms with Crippen molar-refractivity contribution >= 4 is 11.6 Å². The predicted octanol–water partition coefficient (Wildman–Crippen LogP) is 4.01. The highest BCUT2D eigenvalue weighted by molar-refractivity contribution is 6.30. The van der Waals surface area contributed by atoms with E-state index in [4.69, 9.17) is 21.1 Å². The average Bonchev–Trinajstić information content (AvgIpc) is 2.31. The zero-order chi connectivity index (χ0) is 12.2. The van der Waals surface area contributed by atoms with Gasteiger partial charge in [-0.05, 0) is 36.6 Å². The topological polar surface area (TPSA) is 18.5 Å². The van der Waals surface area contributed by atoms with Crippen LogP contribution in [0.5, 0.6) is 5.75 Å². The highest BCUT2D eigenvalue weighted by atomic mass is 35.5. The van der Waals surface area contributed by atoms with Gasteiger partial charge in [0.2, 0.25) is 0 Å². The minimum Gasteiger partial charge on any atom is -0.497 e. The molecular weight excluding hydrogens is 224 g/mol. The summed E-state index contributed by atoms with van der Waals surface area (Å²) in [4.78, 5) is 0. The first-order valence-corrected chi connectivity index (χ1v) is 5.90. The van der Waals surface area contributed by atoms with Crippen LogP contribution in [0, 0.1) is 0 Å². The number of hydrogen-bond donors (Lipinski definition) is 0. The molecule has 2 nitrogen and oxygen atoms in total. The van der Waals surface area contributed by atoms with Crippen LogP contribution < -0.4 is 4.74 Å². The fourth-order valence-corrected chi connectivity index (χ4v) is 2.23. The van der Waals surface area contributed by atoms with Crippen molar-refractivity contribution in [3.63, 3.8) is 0 Å². The Bertz CT molecular complexity index is 338. The van der Waals surface area contributed by atoms with Crippen molar-refractivity contribution in [1.82, 2.24) is 0 Å². The number of methoxy groups -OCH3 is 2. The van der Waals surface area contributed by atoms with Crippen molar-refractivity contribution in [3.8, 4) is 5.75 Å². The SMILES string of the molecule is CCC(CC)(OC)c1cc(Cl)cc(OC)c1. The molecule has 0 N–H and O–H groups in total. The summed E-state index contributed by atoms with van der Waals surface area (Å²) >= 11 is 6.07. The van der Waals surface area contributed by atoms with Gasteiger partial charge >= 0.3 is 0 Å². The van der Waals surface area contributed by atoms with Crippen LogP contribution in [-0.2, 0) is 10.3 Å². The highest BCUT2D eigenvalue weighted by Crippen LogP contribution is 2.36. The third-order valence-corrected chi connectivity index (χ3v) is 3.38. The van der Waals surface area contributed by atoms with E-state index in [-0.39, 0.29) is 5.60 Å². The molecule has 0 aliphatic rings. The van der Waals surface area contributed by atoms with E-state index >= 15 is 0 Å². The lowest BCUT2D eigenvalue weighted by atomic mass is 9.88. The lowest BCUT2D eigenvalue weighted by Gasteiger charge is -2.31. The van der Waals surface area contributed by atoms with E-state index in [2.05, 4.69) is 13.8 Å². The van der Waals surface area contributed by atoms with Gasteiger partial charge in [-0.2, -0.15) is 0 Å². The van der Waals surface area contributed by atoms with Crippen LogP contribution in [-0.4, -0.2) is 14.2 Å². The second-order valence-corrected chi connectivity index (χ2v) is 4.22. The van der Waals surface area contributed by atoms with Crippen LogP contribution in [0.4, 0.5) is 0 Å². The number of halogens is 1. The van der Waals surface area contributed by atoms with Crippen LogP contribution in [0.2, 0.25) is 5.02 Å². The van der Waals surface area contributed by atoms with Gasteiger partial charge < -0.3 is 9.47 Å². The molecule has 0 saturated carbocycles. The molecule has 0 unspecified atom stereocenters. The molecule has 0 spiro atoms. The lowest BCUT2D eigenvalue weighted by Crippen LogP contribution is -2.26. The normalized spacial score (nSPS) is 11.6. The average molecular weight is 243 g/mol. The molecular formula is C13H19ClO2. The van der Waals surface area contributed by atoms with Crippen LogP contribution in [0.3, 0.4) is 0 Å². The van der Waals surface area contributed by atoms with Crippen molar-refractivity contribution in [2.24, 2.45) is 0 Å². The first-order chi connectivity index (χ1) is 7.61. The minimum absolute atomic E-state index is 0.266. The molecule has 1 rings (SSSR count). The Morgan fingerprint density at radius 3 is 2.19 bits per heavy atom. The zero-order valence-electron chi connectivity index (χ0n) is 10.3. The molecule has 1 aromatic rings. The summed E-state index contributed by atoms with van der Waals surface area (Å²) in [6.07, 6.45) is 1.81. The molecule has 0 fully saturated rings. The van der Waals surface area contributed by atoms with E-state index < -0.39 is 0 Å². The molecule has 0 saturated heterocycles. The van der Waals surface area contributed by atoms with E-state index in [0.29, 0.717) is 5.02 Å². The molecule has 3 heteroatoms. The molecule has 16 heavy (non-hydrogen) atoms. The van der Waals surface area contributed by atoms with Crippen molar-refractivity contribution in [2.75, 3.05) is 14.2 Å². The smallest absolute Gasteiger partial charge is 0.120 e. The Morgan fingerprint density at radius 1 is 1.12 bits per heavy atom. The van der Waals surface area contributed by atoms with Gasteiger partial charge in [0.1, 0.15) is 5.75 Å². The molecule has 0 aliphatic carbocycles. The predicted molar refractivity (Wildman–Crippen MR) is 67.3 cm³/mol. The Hall–Kier alpha value is -0.730. The molecule has 0 bridgehead atoms. The van der Waals surface area contributed by atoms with Gasteiger partial charge in [-0.3, -0.25) is 0 Å². The molecule has 0 heterocycles. The van der Waals surface area contributed by atoms with E-state index in [0.717, 1.165) is 24.2 Å². The summed E-state index contributed by atoms with van der Waals surface area (Å²) in [5.74, 6) is 0.769. The fourth-order valence-electron chi connectivity index (χ4n) is 2.01. The van der Waals surface area contributed by atoms with Crippen LogP contribution >= 0.6 is 11.6 Å². The standard InChI is InChI=1S/C13H19ClO2/c1-5-13(6-2,16-4)10-7-11(14)9-12(8-10)15-3/h7-9H,5-6H2,1-4H3. The van der Waals surface area contributed by atoms with Crippen LogP contribution in [0.15, 0.2) is 18.2 Å². The zero-order valence-corrected chi connectivity index (χ0v) is 11.1. The van der Waals surface area contributed by atoms with Gasteiger partial charge in [0.05, 0.1) is 12.7 Å². The summed E-state index contributed by atoms with van der Waals surface area (Å²) in [6, 6.07) is 5.74. The second-order valence-electron chi connectivity index (χ2n) is 3.79. The van der Waals surface area contributed by atoms with Crippen molar-refractivity contribution in [1.29, 1.82) is 0 Å². The molecule has 0 amide bonds. The van der Waals surface area contributed by atoms with Crippen LogP contribution in [0.25, 0.3) is 0 Å². The highest BCUT2D eigenvalue weighted by Gasteiger charge is 2.28. The van der Waals surface area contributed by atoms with Crippen molar-refractivity contribution in [3.05, 3.63) is 28.8 Å². The lowest BCUT2D eigenvalue weighted by molar-refractivity contribution is -0.0218. The molecule has 0 aromatic heterocycles. The largest absolute Gasteiger partial charge is 0.497 e. The van der Waals surface area contributed by atoms with Gasteiger partial charge in [0, 0.05) is 12.1 Å². The summed E-state index contributed by atoms with van der Waals surface area (Å²) in [6.45, 7) is 4.22. The maximum atomic E-state index is 6.07. The number of rotatable bonds is 5. The number of ether oxygens (including phenoxy) is 2. The maximum Gasteiger partial charge on any atom is 0.120 e. The summed E-state index contributed by atoms with van der Waals surface area (Å²) in [5, 5.41) is 0.678. The third-order valence-electron chi connectivity index (χ3n) is 3.17. The quantitative estimate of drug-likeness (QED) is 0.777. The second kappa shape index (κ2) is 5.55. The Morgan fingerprint density at radius 2 is 1.75 bits per heavy atom. The minimum atomic E-state index is -0.266. The summed E-state index contributed by atoms with van der Waals surface area (Å²) in [5.41, 5.74) is 0.808. The van der Waals surface area contributed by atoms with Gasteiger partial charge in [0.15, 0.2) is 0 Å². The molecule has 0 radical (unpaired) electrons. The summed E-state index contributed by atoms with van der Waals surface area (Å²) < 4.78 is 10.9. The molecule has 1 aromatic carbocycles. The monoisotopic (exact) mass is 242 g/mol. The molecule has 90 valence electrons. The third kappa shape index (κ3) is 2.50.